The maximum absolute atomic E-state index is 13.0. The van der Waals surface area contributed by atoms with Gasteiger partial charge in [0.05, 0.1) is 23.9 Å². The Hall–Kier alpha value is -3.78. The van der Waals surface area contributed by atoms with Crippen molar-refractivity contribution in [3.05, 3.63) is 94.6 Å². The molecule has 0 unspecified atom stereocenters. The highest BCUT2D eigenvalue weighted by Gasteiger charge is 2.16. The van der Waals surface area contributed by atoms with Crippen LogP contribution in [0.3, 0.4) is 0 Å². The third-order valence-electron chi connectivity index (χ3n) is 6.21. The molecule has 182 valence electrons. The Balaban J connectivity index is 1.45. The monoisotopic (exact) mass is 473 g/mol. The third-order valence-corrected chi connectivity index (χ3v) is 6.21. The minimum Gasteiger partial charge on any atom is -0.468 e. The van der Waals surface area contributed by atoms with Crippen LogP contribution in [-0.4, -0.2) is 44.7 Å². The summed E-state index contributed by atoms with van der Waals surface area (Å²) >= 11 is 0. The molecule has 3 aromatic heterocycles. The average Bonchev–Trinajstić information content (AvgIpc) is 3.39. The van der Waals surface area contributed by atoms with Gasteiger partial charge in [-0.05, 0) is 43.2 Å². The van der Waals surface area contributed by atoms with Crippen LogP contribution in [-0.2, 0) is 24.3 Å². The number of nitrogens with zero attached hydrogens (tertiary/aromatic N) is 4. The summed E-state index contributed by atoms with van der Waals surface area (Å²) in [6.07, 6.45) is 6.68. The summed E-state index contributed by atoms with van der Waals surface area (Å²) in [5.41, 5.74) is 1.45. The number of hydrogen-bond acceptors (Lipinski definition) is 6. The van der Waals surface area contributed by atoms with Gasteiger partial charge in [0.15, 0.2) is 0 Å². The zero-order chi connectivity index (χ0) is 24.6. The van der Waals surface area contributed by atoms with Gasteiger partial charge in [0.1, 0.15) is 12.3 Å². The summed E-state index contributed by atoms with van der Waals surface area (Å²) in [4.78, 5) is 32.2. The standard InChI is InChI=1S/C27H31N5O3/c1-3-20(2)31(18-22-9-7-15-35-22)14-13-29-26(33)19-32-27(34)24-11-5-4-10-23(24)25(30-32)16-21-8-6-12-28-17-21/h4-12,15,17,20H,3,13-14,16,18-19H2,1-2H3,(H,29,33)/t20-/m0/s1. The molecule has 1 amide bonds. The minimum atomic E-state index is -0.273. The number of carbonyl (C=O) groups is 1. The first-order chi connectivity index (χ1) is 17.0. The second kappa shape index (κ2) is 11.6. The van der Waals surface area contributed by atoms with Gasteiger partial charge in [-0.15, -0.1) is 0 Å². The molecular weight excluding hydrogens is 442 g/mol. The molecule has 8 nitrogen and oxygen atoms in total. The lowest BCUT2D eigenvalue weighted by molar-refractivity contribution is -0.122. The largest absolute Gasteiger partial charge is 0.468 e. The van der Waals surface area contributed by atoms with Crippen LogP contribution >= 0.6 is 0 Å². The van der Waals surface area contributed by atoms with E-state index in [1.165, 1.54) is 4.68 Å². The van der Waals surface area contributed by atoms with Crippen LogP contribution in [0.1, 0.15) is 37.3 Å². The molecule has 8 heteroatoms. The first kappa shape index (κ1) is 24.3. The Morgan fingerprint density at radius 3 is 2.69 bits per heavy atom. The number of benzene rings is 1. The number of hydrogen-bond donors (Lipinski definition) is 1. The first-order valence-electron chi connectivity index (χ1n) is 12.0. The summed E-state index contributed by atoms with van der Waals surface area (Å²) in [6.45, 7) is 5.99. The number of pyridine rings is 1. The Bertz CT molecular complexity index is 1300. The van der Waals surface area contributed by atoms with E-state index in [0.717, 1.165) is 28.8 Å². The molecule has 1 atom stereocenters. The van der Waals surface area contributed by atoms with E-state index in [4.69, 9.17) is 4.42 Å². The molecule has 1 aromatic carbocycles. The fraction of sp³-hybridized carbons (Fsp3) is 0.333. The molecule has 0 aliphatic heterocycles. The van der Waals surface area contributed by atoms with Crippen molar-refractivity contribution in [2.24, 2.45) is 0 Å². The number of furan rings is 1. The molecule has 0 saturated heterocycles. The van der Waals surface area contributed by atoms with Crippen molar-refractivity contribution in [1.82, 2.24) is 25.0 Å². The van der Waals surface area contributed by atoms with Crippen molar-refractivity contribution >= 4 is 16.7 Å². The van der Waals surface area contributed by atoms with Crippen molar-refractivity contribution < 1.29 is 9.21 Å². The van der Waals surface area contributed by atoms with Gasteiger partial charge in [-0.3, -0.25) is 19.5 Å². The molecule has 0 bridgehead atoms. The van der Waals surface area contributed by atoms with Gasteiger partial charge in [-0.2, -0.15) is 5.10 Å². The van der Waals surface area contributed by atoms with E-state index in [1.54, 1.807) is 24.7 Å². The van der Waals surface area contributed by atoms with Crippen LogP contribution in [0, 0.1) is 0 Å². The lowest BCUT2D eigenvalue weighted by Gasteiger charge is -2.27. The highest BCUT2D eigenvalue weighted by molar-refractivity contribution is 5.84. The summed E-state index contributed by atoms with van der Waals surface area (Å²) in [5, 5.41) is 8.85. The molecule has 0 saturated carbocycles. The average molecular weight is 474 g/mol. The number of fused-ring (bicyclic) bond motifs is 1. The van der Waals surface area contributed by atoms with Crippen molar-refractivity contribution in [1.29, 1.82) is 0 Å². The van der Waals surface area contributed by atoms with E-state index in [9.17, 15) is 9.59 Å². The number of amides is 1. The fourth-order valence-corrected chi connectivity index (χ4v) is 4.09. The molecule has 4 rings (SSSR count). The Labute approximate surface area is 204 Å². The highest BCUT2D eigenvalue weighted by atomic mass is 16.3. The van der Waals surface area contributed by atoms with Crippen molar-refractivity contribution in [2.45, 2.75) is 45.8 Å². The van der Waals surface area contributed by atoms with E-state index in [-0.39, 0.29) is 18.0 Å². The lowest BCUT2D eigenvalue weighted by Crippen LogP contribution is -2.41. The SMILES string of the molecule is CC[C@H](C)N(CCNC(=O)Cn1nc(Cc2cccnc2)c2ccccc2c1=O)Cc1ccco1. The van der Waals surface area contributed by atoms with Gasteiger partial charge in [0.2, 0.25) is 5.91 Å². The Morgan fingerprint density at radius 1 is 1.14 bits per heavy atom. The maximum atomic E-state index is 13.0. The Morgan fingerprint density at radius 2 is 1.97 bits per heavy atom. The van der Waals surface area contributed by atoms with Gasteiger partial charge in [-0.25, -0.2) is 4.68 Å². The molecule has 0 aliphatic rings. The van der Waals surface area contributed by atoms with Gasteiger partial charge < -0.3 is 9.73 Å². The molecule has 0 aliphatic carbocycles. The van der Waals surface area contributed by atoms with E-state index in [2.05, 4.69) is 34.1 Å². The number of rotatable bonds is 11. The molecule has 35 heavy (non-hydrogen) atoms. The predicted octanol–water partition coefficient (Wildman–Crippen LogP) is 3.39. The van der Waals surface area contributed by atoms with Crippen LogP contribution in [0.15, 0.2) is 76.4 Å². The van der Waals surface area contributed by atoms with Gasteiger partial charge in [0.25, 0.3) is 5.56 Å². The minimum absolute atomic E-state index is 0.134. The second-order valence-electron chi connectivity index (χ2n) is 8.65. The second-order valence-corrected chi connectivity index (χ2v) is 8.65. The Kier molecular flexibility index (Phi) is 8.05. The van der Waals surface area contributed by atoms with Crippen LogP contribution in [0.5, 0.6) is 0 Å². The summed E-state index contributed by atoms with van der Waals surface area (Å²) < 4.78 is 6.75. The van der Waals surface area contributed by atoms with E-state index in [1.807, 2.05) is 42.5 Å². The topological polar surface area (TPSA) is 93.3 Å². The van der Waals surface area contributed by atoms with Gasteiger partial charge in [0, 0.05) is 43.3 Å². The first-order valence-corrected chi connectivity index (χ1v) is 12.0. The number of aromatic nitrogens is 3. The molecule has 0 radical (unpaired) electrons. The van der Waals surface area contributed by atoms with E-state index in [0.29, 0.717) is 37.5 Å². The lowest BCUT2D eigenvalue weighted by atomic mass is 10.1. The van der Waals surface area contributed by atoms with Gasteiger partial charge >= 0.3 is 0 Å². The zero-order valence-electron chi connectivity index (χ0n) is 20.2. The maximum Gasteiger partial charge on any atom is 0.275 e. The van der Waals surface area contributed by atoms with Gasteiger partial charge in [-0.1, -0.05) is 31.2 Å². The van der Waals surface area contributed by atoms with Crippen molar-refractivity contribution in [3.8, 4) is 0 Å². The zero-order valence-corrected chi connectivity index (χ0v) is 20.2. The molecule has 0 fully saturated rings. The summed E-state index contributed by atoms with van der Waals surface area (Å²) in [5.74, 6) is 0.647. The smallest absolute Gasteiger partial charge is 0.275 e. The molecule has 0 spiro atoms. The molecule has 3 heterocycles. The molecule has 1 N–H and O–H groups in total. The van der Waals surface area contributed by atoms with E-state index >= 15 is 0 Å². The quantitative estimate of drug-likeness (QED) is 0.359. The molecular formula is C27H31N5O3. The van der Waals surface area contributed by atoms with Crippen molar-refractivity contribution in [2.75, 3.05) is 13.1 Å². The normalized spacial score (nSPS) is 12.2. The number of nitrogens with one attached hydrogen (secondary N) is 1. The summed E-state index contributed by atoms with van der Waals surface area (Å²) in [6, 6.07) is 15.4. The summed E-state index contributed by atoms with van der Waals surface area (Å²) in [7, 11) is 0. The highest BCUT2D eigenvalue weighted by Crippen LogP contribution is 2.16. The predicted molar refractivity (Wildman–Crippen MR) is 135 cm³/mol. The van der Waals surface area contributed by atoms with Crippen LogP contribution in [0.2, 0.25) is 0 Å². The van der Waals surface area contributed by atoms with Crippen LogP contribution in [0.4, 0.5) is 0 Å². The van der Waals surface area contributed by atoms with Crippen LogP contribution in [0.25, 0.3) is 10.8 Å². The van der Waals surface area contributed by atoms with Crippen LogP contribution < -0.4 is 10.9 Å². The third kappa shape index (κ3) is 6.22. The number of carbonyl (C=O) groups excluding carboxylic acids is 1. The fourth-order valence-electron chi connectivity index (χ4n) is 4.09. The van der Waals surface area contributed by atoms with Crippen molar-refractivity contribution in [3.63, 3.8) is 0 Å². The molecule has 4 aromatic rings. The van der Waals surface area contributed by atoms with E-state index < -0.39 is 0 Å².